The van der Waals surface area contributed by atoms with Crippen LogP contribution >= 0.6 is 0 Å². The lowest BCUT2D eigenvalue weighted by atomic mass is 10.0. The molecule has 0 saturated carbocycles. The Morgan fingerprint density at radius 1 is 0.769 bits per heavy atom. The van der Waals surface area contributed by atoms with Gasteiger partial charge in [0.05, 0.1) is 10.9 Å². The molecule has 128 valence electrons. The van der Waals surface area contributed by atoms with Crippen molar-refractivity contribution >= 4 is 10.9 Å². The SMILES string of the molecule is Cc1c2cc(-c3ccc(F)cc3)ccc2nc(-c2ccc(F)cc2)[n+]1[O-]. The molecule has 0 atom stereocenters. The first-order valence-electron chi connectivity index (χ1n) is 8.09. The lowest BCUT2D eigenvalue weighted by Crippen LogP contribution is -2.34. The Morgan fingerprint density at radius 2 is 1.31 bits per heavy atom. The van der Waals surface area contributed by atoms with Crippen LogP contribution in [0.2, 0.25) is 0 Å². The van der Waals surface area contributed by atoms with Crippen molar-refractivity contribution in [3.8, 4) is 22.5 Å². The van der Waals surface area contributed by atoms with Crippen LogP contribution in [-0.4, -0.2) is 4.98 Å². The van der Waals surface area contributed by atoms with Gasteiger partial charge in [0.1, 0.15) is 17.3 Å². The highest BCUT2D eigenvalue weighted by Gasteiger charge is 2.18. The number of hydrogen-bond donors (Lipinski definition) is 0. The highest BCUT2D eigenvalue weighted by Crippen LogP contribution is 2.26. The summed E-state index contributed by atoms with van der Waals surface area (Å²) >= 11 is 0. The monoisotopic (exact) mass is 348 g/mol. The van der Waals surface area contributed by atoms with Gasteiger partial charge in [0, 0.05) is 0 Å². The summed E-state index contributed by atoms with van der Waals surface area (Å²) in [6, 6.07) is 17.4. The number of aryl methyl sites for hydroxylation is 1. The van der Waals surface area contributed by atoms with Gasteiger partial charge in [-0.15, -0.1) is 0 Å². The summed E-state index contributed by atoms with van der Waals surface area (Å²) in [5, 5.41) is 13.4. The molecule has 0 bridgehead atoms. The molecule has 0 aliphatic carbocycles. The minimum atomic E-state index is -0.368. The molecule has 0 amide bonds. The Kier molecular flexibility index (Phi) is 3.84. The fraction of sp³-hybridized carbons (Fsp3) is 0.0476. The summed E-state index contributed by atoms with van der Waals surface area (Å²) < 4.78 is 27.0. The standard InChI is InChI=1S/C21H14F2N2O/c1-13-19-12-16(14-2-7-17(22)8-3-14)6-11-20(19)24-21(25(13)26)15-4-9-18(23)10-5-15/h2-12H,1H3. The molecule has 0 aliphatic rings. The molecule has 5 heteroatoms. The number of benzene rings is 3. The summed E-state index contributed by atoms with van der Waals surface area (Å²) in [5.74, 6) is -0.439. The molecule has 0 unspecified atom stereocenters. The van der Waals surface area contributed by atoms with Gasteiger partial charge in [0.2, 0.25) is 0 Å². The normalized spacial score (nSPS) is 11.0. The minimum absolute atomic E-state index is 0.226. The van der Waals surface area contributed by atoms with E-state index in [9.17, 15) is 14.0 Å². The van der Waals surface area contributed by atoms with Crippen molar-refractivity contribution in [3.63, 3.8) is 0 Å². The summed E-state index contributed by atoms with van der Waals surface area (Å²) in [7, 11) is 0. The predicted molar refractivity (Wildman–Crippen MR) is 96.2 cm³/mol. The first-order chi connectivity index (χ1) is 12.5. The van der Waals surface area contributed by atoms with E-state index in [-0.39, 0.29) is 17.5 Å². The van der Waals surface area contributed by atoms with Crippen LogP contribution in [-0.2, 0) is 0 Å². The highest BCUT2D eigenvalue weighted by atomic mass is 19.1. The second-order valence-electron chi connectivity index (χ2n) is 6.06. The van der Waals surface area contributed by atoms with Crippen molar-refractivity contribution in [1.29, 1.82) is 0 Å². The van der Waals surface area contributed by atoms with Crippen LogP contribution in [0.25, 0.3) is 33.4 Å². The molecule has 0 N–H and O–H groups in total. The predicted octanol–water partition coefficient (Wildman–Crippen LogP) is 4.79. The molecule has 0 spiro atoms. The molecular formula is C21H14F2N2O. The van der Waals surface area contributed by atoms with Gasteiger partial charge in [-0.1, -0.05) is 12.1 Å². The maximum absolute atomic E-state index is 13.1. The number of hydrogen-bond acceptors (Lipinski definition) is 2. The summed E-state index contributed by atoms with van der Waals surface area (Å²) in [4.78, 5) is 4.45. The number of halogens is 2. The Balaban J connectivity index is 1.87. The smallest absolute Gasteiger partial charge is 0.334 e. The quantitative estimate of drug-likeness (QED) is 0.386. The lowest BCUT2D eigenvalue weighted by Gasteiger charge is -2.12. The zero-order valence-corrected chi connectivity index (χ0v) is 13.9. The van der Waals surface area contributed by atoms with E-state index in [1.807, 2.05) is 18.2 Å². The van der Waals surface area contributed by atoms with Gasteiger partial charge in [-0.3, -0.25) is 0 Å². The van der Waals surface area contributed by atoms with Crippen LogP contribution in [0.3, 0.4) is 0 Å². The average Bonchev–Trinajstić information content (AvgIpc) is 2.66. The van der Waals surface area contributed by atoms with Crippen molar-refractivity contribution < 1.29 is 13.5 Å². The molecule has 0 saturated heterocycles. The molecule has 0 aliphatic heterocycles. The van der Waals surface area contributed by atoms with Gasteiger partial charge in [0.25, 0.3) is 0 Å². The third-order valence-electron chi connectivity index (χ3n) is 4.39. The van der Waals surface area contributed by atoms with Crippen molar-refractivity contribution in [1.82, 2.24) is 4.98 Å². The zero-order valence-electron chi connectivity index (χ0n) is 13.9. The maximum atomic E-state index is 13.1. The van der Waals surface area contributed by atoms with E-state index in [1.54, 1.807) is 19.1 Å². The second-order valence-corrected chi connectivity index (χ2v) is 6.06. The summed E-state index contributed by atoms with van der Waals surface area (Å²) in [6.45, 7) is 1.72. The minimum Gasteiger partial charge on any atom is -0.710 e. The zero-order chi connectivity index (χ0) is 18.3. The van der Waals surface area contributed by atoms with Gasteiger partial charge < -0.3 is 5.21 Å². The molecule has 0 fully saturated rings. The van der Waals surface area contributed by atoms with E-state index in [0.29, 0.717) is 22.2 Å². The fourth-order valence-corrected chi connectivity index (χ4v) is 2.95. The third-order valence-corrected chi connectivity index (χ3v) is 4.39. The van der Waals surface area contributed by atoms with Crippen LogP contribution in [0, 0.1) is 23.8 Å². The second kappa shape index (κ2) is 6.19. The molecule has 3 nitrogen and oxygen atoms in total. The molecule has 4 rings (SSSR count). The Morgan fingerprint density at radius 3 is 1.92 bits per heavy atom. The molecule has 1 heterocycles. The van der Waals surface area contributed by atoms with Crippen molar-refractivity contribution in [3.05, 3.63) is 89.3 Å². The van der Waals surface area contributed by atoms with E-state index < -0.39 is 0 Å². The number of rotatable bonds is 2. The summed E-state index contributed by atoms with van der Waals surface area (Å²) in [5.41, 5.74) is 3.44. The molecule has 4 aromatic rings. The Bertz CT molecular complexity index is 1110. The van der Waals surface area contributed by atoms with Crippen molar-refractivity contribution in [2.75, 3.05) is 0 Å². The molecular weight excluding hydrogens is 334 g/mol. The van der Waals surface area contributed by atoms with Gasteiger partial charge in [-0.25, -0.2) is 13.5 Å². The number of aromatic nitrogens is 2. The molecule has 3 aromatic carbocycles. The van der Waals surface area contributed by atoms with Crippen LogP contribution in [0.1, 0.15) is 5.69 Å². The van der Waals surface area contributed by atoms with Gasteiger partial charge in [0.15, 0.2) is 5.52 Å². The maximum Gasteiger partial charge on any atom is 0.334 e. The van der Waals surface area contributed by atoms with E-state index >= 15 is 0 Å². The third kappa shape index (κ3) is 2.77. The van der Waals surface area contributed by atoms with Gasteiger partial charge in [-0.2, -0.15) is 0 Å². The van der Waals surface area contributed by atoms with Crippen molar-refractivity contribution in [2.24, 2.45) is 0 Å². The van der Waals surface area contributed by atoms with Crippen LogP contribution in [0.15, 0.2) is 66.7 Å². The first kappa shape index (κ1) is 16.1. The molecule has 26 heavy (non-hydrogen) atoms. The van der Waals surface area contributed by atoms with Gasteiger partial charge in [-0.05, 0) is 77.6 Å². The lowest BCUT2D eigenvalue weighted by molar-refractivity contribution is -0.601. The Labute approximate surface area is 148 Å². The first-order valence-corrected chi connectivity index (χ1v) is 8.09. The fourth-order valence-electron chi connectivity index (χ4n) is 2.95. The summed E-state index contributed by atoms with van der Waals surface area (Å²) in [6.07, 6.45) is 0. The van der Waals surface area contributed by atoms with Crippen LogP contribution < -0.4 is 4.73 Å². The van der Waals surface area contributed by atoms with Crippen LogP contribution in [0.5, 0.6) is 0 Å². The van der Waals surface area contributed by atoms with E-state index in [4.69, 9.17) is 0 Å². The molecule has 1 aromatic heterocycles. The number of fused-ring (bicyclic) bond motifs is 1. The van der Waals surface area contributed by atoms with E-state index in [1.165, 1.54) is 36.4 Å². The Hall–Kier alpha value is -3.34. The van der Waals surface area contributed by atoms with Crippen LogP contribution in [0.4, 0.5) is 8.78 Å². The number of nitrogens with zero attached hydrogens (tertiary/aromatic N) is 2. The van der Waals surface area contributed by atoms with Gasteiger partial charge >= 0.3 is 5.82 Å². The largest absolute Gasteiger partial charge is 0.710 e. The topological polar surface area (TPSA) is 39.8 Å². The van der Waals surface area contributed by atoms with E-state index in [0.717, 1.165) is 15.9 Å². The average molecular weight is 348 g/mol. The van der Waals surface area contributed by atoms with Crippen molar-refractivity contribution in [2.45, 2.75) is 6.92 Å². The molecule has 0 radical (unpaired) electrons. The highest BCUT2D eigenvalue weighted by molar-refractivity contribution is 5.86. The van der Waals surface area contributed by atoms with E-state index in [2.05, 4.69) is 4.98 Å².